The second-order valence-electron chi connectivity index (χ2n) is 4.89. The molecule has 1 amide bonds. The average Bonchev–Trinajstić information content (AvgIpc) is 2.46. The maximum absolute atomic E-state index is 11.9. The van der Waals surface area contributed by atoms with Crippen LogP contribution >= 0.6 is 0 Å². The molecule has 1 aromatic carbocycles. The topological polar surface area (TPSA) is 56.8 Å². The van der Waals surface area contributed by atoms with Crippen molar-refractivity contribution in [3.05, 3.63) is 29.8 Å². The lowest BCUT2D eigenvalue weighted by Crippen LogP contribution is -2.45. The van der Waals surface area contributed by atoms with Gasteiger partial charge in [0.05, 0.1) is 20.1 Å². The first kappa shape index (κ1) is 16.5. The Morgan fingerprint density at radius 3 is 2.65 bits per heavy atom. The van der Waals surface area contributed by atoms with Crippen LogP contribution in [0.2, 0.25) is 0 Å². The normalized spacial score (nSPS) is 13.6. The molecular formula is C15H23NO4. The first-order chi connectivity index (χ1) is 9.53. The maximum atomic E-state index is 11.9. The van der Waals surface area contributed by atoms with Crippen LogP contribution in [-0.2, 0) is 20.7 Å². The molecule has 0 heterocycles. The highest BCUT2D eigenvalue weighted by atomic mass is 16.5. The van der Waals surface area contributed by atoms with Gasteiger partial charge in [-0.05, 0) is 24.6 Å². The van der Waals surface area contributed by atoms with Gasteiger partial charge in [-0.1, -0.05) is 12.1 Å². The summed E-state index contributed by atoms with van der Waals surface area (Å²) >= 11 is 0. The molecular weight excluding hydrogens is 258 g/mol. The van der Waals surface area contributed by atoms with Gasteiger partial charge in [-0.2, -0.15) is 0 Å². The van der Waals surface area contributed by atoms with E-state index in [9.17, 15) is 4.79 Å². The standard InChI is InChI=1S/C15H23NO4/c1-15(20-4,11-18-2)10-16-14(17)9-12-6-5-7-13(8-12)19-3/h5-8H,9-11H2,1-4H3,(H,16,17). The molecule has 5 heteroatoms. The van der Waals surface area contributed by atoms with Gasteiger partial charge in [0.1, 0.15) is 11.4 Å². The summed E-state index contributed by atoms with van der Waals surface area (Å²) in [6.45, 7) is 2.71. The van der Waals surface area contributed by atoms with E-state index < -0.39 is 5.60 Å². The van der Waals surface area contributed by atoms with Crippen molar-refractivity contribution in [2.24, 2.45) is 0 Å². The van der Waals surface area contributed by atoms with E-state index in [1.54, 1.807) is 21.3 Å². The Morgan fingerprint density at radius 2 is 2.05 bits per heavy atom. The molecule has 1 aromatic rings. The molecule has 1 unspecified atom stereocenters. The van der Waals surface area contributed by atoms with E-state index >= 15 is 0 Å². The number of carbonyl (C=O) groups excluding carboxylic acids is 1. The molecule has 0 saturated heterocycles. The summed E-state index contributed by atoms with van der Waals surface area (Å²) in [5.41, 5.74) is 0.395. The van der Waals surface area contributed by atoms with Gasteiger partial charge in [0.25, 0.3) is 0 Å². The molecule has 0 aliphatic carbocycles. The van der Waals surface area contributed by atoms with Crippen LogP contribution in [-0.4, -0.2) is 46.0 Å². The Bertz CT molecular complexity index is 436. The van der Waals surface area contributed by atoms with Gasteiger partial charge in [-0.25, -0.2) is 0 Å². The van der Waals surface area contributed by atoms with Gasteiger partial charge in [0, 0.05) is 20.8 Å². The van der Waals surface area contributed by atoms with Crippen molar-refractivity contribution in [1.82, 2.24) is 5.32 Å². The van der Waals surface area contributed by atoms with Crippen molar-refractivity contribution in [2.45, 2.75) is 18.9 Å². The molecule has 0 aromatic heterocycles. The number of hydrogen-bond acceptors (Lipinski definition) is 4. The van der Waals surface area contributed by atoms with Gasteiger partial charge in [-0.3, -0.25) is 4.79 Å². The van der Waals surface area contributed by atoms with Gasteiger partial charge in [-0.15, -0.1) is 0 Å². The first-order valence-electron chi connectivity index (χ1n) is 6.46. The first-order valence-corrected chi connectivity index (χ1v) is 6.46. The Labute approximate surface area is 120 Å². The monoisotopic (exact) mass is 281 g/mol. The smallest absolute Gasteiger partial charge is 0.224 e. The quantitative estimate of drug-likeness (QED) is 0.782. The van der Waals surface area contributed by atoms with E-state index in [0.29, 0.717) is 19.6 Å². The highest BCUT2D eigenvalue weighted by Gasteiger charge is 2.24. The summed E-state index contributed by atoms with van der Waals surface area (Å²) in [5, 5.41) is 2.86. The zero-order chi connectivity index (χ0) is 15.0. The molecule has 0 aliphatic heterocycles. The fourth-order valence-corrected chi connectivity index (χ4v) is 1.80. The van der Waals surface area contributed by atoms with E-state index in [2.05, 4.69) is 5.32 Å². The van der Waals surface area contributed by atoms with Crippen molar-refractivity contribution < 1.29 is 19.0 Å². The number of methoxy groups -OCH3 is 3. The van der Waals surface area contributed by atoms with E-state index in [4.69, 9.17) is 14.2 Å². The molecule has 1 N–H and O–H groups in total. The highest BCUT2D eigenvalue weighted by Crippen LogP contribution is 2.13. The highest BCUT2D eigenvalue weighted by molar-refractivity contribution is 5.78. The Balaban J connectivity index is 2.51. The van der Waals surface area contributed by atoms with E-state index in [1.807, 2.05) is 31.2 Å². The van der Waals surface area contributed by atoms with Gasteiger partial charge in [0.15, 0.2) is 0 Å². The molecule has 1 rings (SSSR count). The zero-order valence-corrected chi connectivity index (χ0v) is 12.6. The van der Waals surface area contributed by atoms with Crippen molar-refractivity contribution >= 4 is 5.91 Å². The van der Waals surface area contributed by atoms with Crippen LogP contribution in [0, 0.1) is 0 Å². The summed E-state index contributed by atoms with van der Waals surface area (Å²) in [7, 11) is 4.82. The van der Waals surface area contributed by atoms with Crippen LogP contribution in [0.5, 0.6) is 5.75 Å². The van der Waals surface area contributed by atoms with Crippen molar-refractivity contribution in [3.63, 3.8) is 0 Å². The van der Waals surface area contributed by atoms with Crippen molar-refractivity contribution in [1.29, 1.82) is 0 Å². The molecule has 0 radical (unpaired) electrons. The van der Waals surface area contributed by atoms with Gasteiger partial charge >= 0.3 is 0 Å². The number of carbonyl (C=O) groups is 1. The number of benzene rings is 1. The Hall–Kier alpha value is -1.59. The summed E-state index contributed by atoms with van der Waals surface area (Å²) in [5.74, 6) is 0.689. The summed E-state index contributed by atoms with van der Waals surface area (Å²) < 4.78 is 15.6. The van der Waals surface area contributed by atoms with Crippen molar-refractivity contribution in [2.75, 3.05) is 34.5 Å². The Morgan fingerprint density at radius 1 is 1.30 bits per heavy atom. The lowest BCUT2D eigenvalue weighted by Gasteiger charge is -2.27. The van der Waals surface area contributed by atoms with Gasteiger partial charge in [0.2, 0.25) is 5.91 Å². The second-order valence-corrected chi connectivity index (χ2v) is 4.89. The van der Waals surface area contributed by atoms with E-state index in [1.165, 1.54) is 0 Å². The van der Waals surface area contributed by atoms with Crippen LogP contribution in [0.4, 0.5) is 0 Å². The van der Waals surface area contributed by atoms with Crippen LogP contribution < -0.4 is 10.1 Å². The number of amides is 1. The molecule has 5 nitrogen and oxygen atoms in total. The van der Waals surface area contributed by atoms with Crippen LogP contribution in [0.3, 0.4) is 0 Å². The third-order valence-electron chi connectivity index (χ3n) is 3.10. The van der Waals surface area contributed by atoms with E-state index in [0.717, 1.165) is 11.3 Å². The summed E-state index contributed by atoms with van der Waals surface area (Å²) in [6, 6.07) is 7.46. The molecule has 1 atom stereocenters. The predicted octanol–water partition coefficient (Wildman–Crippen LogP) is 1.41. The number of ether oxygens (including phenoxy) is 3. The molecule has 0 saturated carbocycles. The molecule has 112 valence electrons. The lowest BCUT2D eigenvalue weighted by molar-refractivity contribution is -0.122. The van der Waals surface area contributed by atoms with Crippen molar-refractivity contribution in [3.8, 4) is 5.75 Å². The third kappa shape index (κ3) is 5.19. The SMILES string of the molecule is COCC(C)(CNC(=O)Cc1cccc(OC)c1)OC. The Kier molecular flexibility index (Phi) is 6.48. The predicted molar refractivity (Wildman–Crippen MR) is 77.0 cm³/mol. The van der Waals surface area contributed by atoms with Crippen LogP contribution in [0.15, 0.2) is 24.3 Å². The summed E-state index contributed by atoms with van der Waals surface area (Å²) in [4.78, 5) is 11.9. The molecule has 0 bridgehead atoms. The zero-order valence-electron chi connectivity index (χ0n) is 12.6. The number of hydrogen-bond donors (Lipinski definition) is 1. The van der Waals surface area contributed by atoms with Crippen LogP contribution in [0.1, 0.15) is 12.5 Å². The second kappa shape index (κ2) is 7.87. The lowest BCUT2D eigenvalue weighted by atomic mass is 10.1. The summed E-state index contributed by atoms with van der Waals surface area (Å²) in [6.07, 6.45) is 0.310. The van der Waals surface area contributed by atoms with Gasteiger partial charge < -0.3 is 19.5 Å². The number of rotatable bonds is 8. The van der Waals surface area contributed by atoms with Crippen LogP contribution in [0.25, 0.3) is 0 Å². The third-order valence-corrected chi connectivity index (χ3v) is 3.10. The molecule has 0 aliphatic rings. The molecule has 0 spiro atoms. The minimum Gasteiger partial charge on any atom is -0.497 e. The number of nitrogens with one attached hydrogen (secondary N) is 1. The maximum Gasteiger partial charge on any atom is 0.224 e. The molecule has 20 heavy (non-hydrogen) atoms. The fourth-order valence-electron chi connectivity index (χ4n) is 1.80. The minimum absolute atomic E-state index is 0.0577. The average molecular weight is 281 g/mol. The largest absolute Gasteiger partial charge is 0.497 e. The fraction of sp³-hybridized carbons (Fsp3) is 0.533. The minimum atomic E-state index is -0.515. The van der Waals surface area contributed by atoms with E-state index in [-0.39, 0.29) is 5.91 Å². The molecule has 0 fully saturated rings.